The molecule has 1 heterocycles. The van der Waals surface area contributed by atoms with E-state index in [4.69, 9.17) is 4.74 Å². The van der Waals surface area contributed by atoms with Gasteiger partial charge in [-0.3, -0.25) is 4.79 Å². The molecule has 0 bridgehead atoms. The molecule has 0 fully saturated rings. The van der Waals surface area contributed by atoms with Crippen molar-refractivity contribution < 1.29 is 9.53 Å². The fraction of sp³-hybridized carbons (Fsp3) is 0.571. The maximum absolute atomic E-state index is 11.5. The minimum Gasteiger partial charge on any atom is -0.385 e. The van der Waals surface area contributed by atoms with Gasteiger partial charge in [0.05, 0.1) is 11.9 Å². The number of aromatic nitrogens is 1. The van der Waals surface area contributed by atoms with Gasteiger partial charge in [0, 0.05) is 26.7 Å². The van der Waals surface area contributed by atoms with E-state index in [9.17, 15) is 4.79 Å². The number of methoxy groups -OCH3 is 1. The third-order valence-electron chi connectivity index (χ3n) is 2.64. The number of nitrogens with one attached hydrogen (secondary N) is 2. The van der Waals surface area contributed by atoms with Crippen LogP contribution in [0.5, 0.6) is 0 Å². The monoisotopic (exact) mass is 265 g/mol. The van der Waals surface area contributed by atoms with Gasteiger partial charge in [0.2, 0.25) is 5.91 Å². The quantitative estimate of drug-likeness (QED) is 0.674. The molecule has 1 aromatic rings. The van der Waals surface area contributed by atoms with Crippen LogP contribution in [-0.4, -0.2) is 31.2 Å². The number of hydrogen-bond acceptors (Lipinski definition) is 4. The number of unbranched alkanes of at least 4 members (excludes halogenated alkanes) is 1. The first-order chi connectivity index (χ1) is 9.26. The van der Waals surface area contributed by atoms with Crippen LogP contribution in [0.4, 0.5) is 11.5 Å². The van der Waals surface area contributed by atoms with Crippen LogP contribution in [0.2, 0.25) is 0 Å². The molecule has 0 aliphatic heterocycles. The summed E-state index contributed by atoms with van der Waals surface area (Å²) in [5.41, 5.74) is 0.739. The van der Waals surface area contributed by atoms with Crippen LogP contribution < -0.4 is 10.6 Å². The van der Waals surface area contributed by atoms with Crippen molar-refractivity contribution in [2.75, 3.05) is 30.9 Å². The summed E-state index contributed by atoms with van der Waals surface area (Å²) in [5, 5.41) is 6.02. The Hall–Kier alpha value is -1.62. The molecule has 0 aliphatic rings. The largest absolute Gasteiger partial charge is 0.385 e. The van der Waals surface area contributed by atoms with Gasteiger partial charge >= 0.3 is 0 Å². The minimum atomic E-state index is 0.0458. The lowest BCUT2D eigenvalue weighted by Gasteiger charge is -2.07. The summed E-state index contributed by atoms with van der Waals surface area (Å²) < 4.78 is 4.97. The second-order valence-corrected chi connectivity index (χ2v) is 4.36. The fourth-order valence-electron chi connectivity index (χ4n) is 1.57. The molecule has 0 aliphatic carbocycles. The molecular weight excluding hydrogens is 242 g/mol. The predicted molar refractivity (Wildman–Crippen MR) is 77.4 cm³/mol. The Labute approximate surface area is 114 Å². The number of hydrogen-bond donors (Lipinski definition) is 2. The molecule has 0 spiro atoms. The molecule has 0 radical (unpaired) electrons. The van der Waals surface area contributed by atoms with E-state index >= 15 is 0 Å². The second kappa shape index (κ2) is 9.33. The van der Waals surface area contributed by atoms with E-state index in [1.54, 1.807) is 13.3 Å². The van der Waals surface area contributed by atoms with Crippen LogP contribution in [0.1, 0.15) is 32.6 Å². The van der Waals surface area contributed by atoms with Crippen LogP contribution in [0.15, 0.2) is 18.3 Å². The first-order valence-electron chi connectivity index (χ1n) is 6.75. The molecule has 2 N–H and O–H groups in total. The van der Waals surface area contributed by atoms with Crippen molar-refractivity contribution in [3.8, 4) is 0 Å². The number of carbonyl (C=O) groups is 1. The van der Waals surface area contributed by atoms with Gasteiger partial charge in [-0.25, -0.2) is 4.98 Å². The van der Waals surface area contributed by atoms with Gasteiger partial charge in [-0.2, -0.15) is 0 Å². The number of ether oxygens (including phenoxy) is 1. The lowest BCUT2D eigenvalue weighted by molar-refractivity contribution is -0.116. The smallest absolute Gasteiger partial charge is 0.224 e. The SMILES string of the molecule is CCCCC(=O)Nc1ccc(NCCCOC)nc1. The zero-order valence-corrected chi connectivity index (χ0v) is 11.7. The van der Waals surface area contributed by atoms with Crippen LogP contribution in [0.3, 0.4) is 0 Å². The van der Waals surface area contributed by atoms with Gasteiger partial charge in [-0.1, -0.05) is 13.3 Å². The molecule has 1 amide bonds. The number of carbonyl (C=O) groups excluding carboxylic acids is 1. The number of rotatable bonds is 9. The van der Waals surface area contributed by atoms with Crippen molar-refractivity contribution in [3.63, 3.8) is 0 Å². The number of pyridine rings is 1. The van der Waals surface area contributed by atoms with Gasteiger partial charge in [0.15, 0.2) is 0 Å². The van der Waals surface area contributed by atoms with Gasteiger partial charge < -0.3 is 15.4 Å². The number of amides is 1. The summed E-state index contributed by atoms with van der Waals surface area (Å²) >= 11 is 0. The molecule has 0 unspecified atom stereocenters. The summed E-state index contributed by atoms with van der Waals surface area (Å²) in [6, 6.07) is 3.72. The molecule has 5 heteroatoms. The van der Waals surface area contributed by atoms with Gasteiger partial charge in [0.1, 0.15) is 5.82 Å². The summed E-state index contributed by atoms with van der Waals surface area (Å²) in [7, 11) is 1.69. The standard InChI is InChI=1S/C14H23N3O2/c1-3-4-6-14(18)17-12-7-8-13(16-11-12)15-9-5-10-19-2/h7-8,11H,3-6,9-10H2,1-2H3,(H,15,16)(H,17,18). The summed E-state index contributed by atoms with van der Waals surface area (Å²) in [6.45, 7) is 3.63. The maximum atomic E-state index is 11.5. The van der Waals surface area contributed by atoms with Crippen LogP contribution >= 0.6 is 0 Å². The third-order valence-corrected chi connectivity index (χ3v) is 2.64. The molecule has 0 saturated carbocycles. The van der Waals surface area contributed by atoms with Crippen molar-refractivity contribution in [2.45, 2.75) is 32.6 Å². The molecule has 0 saturated heterocycles. The summed E-state index contributed by atoms with van der Waals surface area (Å²) in [4.78, 5) is 15.8. The first kappa shape index (κ1) is 15.4. The highest BCUT2D eigenvalue weighted by molar-refractivity contribution is 5.90. The third kappa shape index (κ3) is 6.76. The Balaban J connectivity index is 2.32. The highest BCUT2D eigenvalue weighted by Gasteiger charge is 2.02. The van der Waals surface area contributed by atoms with E-state index in [0.717, 1.165) is 43.9 Å². The van der Waals surface area contributed by atoms with Gasteiger partial charge in [-0.05, 0) is 25.0 Å². The van der Waals surface area contributed by atoms with E-state index in [2.05, 4.69) is 22.5 Å². The molecule has 0 aromatic carbocycles. The minimum absolute atomic E-state index is 0.0458. The Morgan fingerprint density at radius 3 is 2.84 bits per heavy atom. The maximum Gasteiger partial charge on any atom is 0.224 e. The lowest BCUT2D eigenvalue weighted by Crippen LogP contribution is -2.11. The Morgan fingerprint density at radius 1 is 1.37 bits per heavy atom. The molecule has 5 nitrogen and oxygen atoms in total. The van der Waals surface area contributed by atoms with Crippen molar-refractivity contribution in [3.05, 3.63) is 18.3 Å². The Kier molecular flexibility index (Phi) is 7.58. The van der Waals surface area contributed by atoms with Crippen LogP contribution in [0, 0.1) is 0 Å². The zero-order chi connectivity index (χ0) is 13.9. The summed E-state index contributed by atoms with van der Waals surface area (Å²) in [6.07, 6.45) is 5.11. The fourth-order valence-corrected chi connectivity index (χ4v) is 1.57. The number of nitrogens with zero attached hydrogens (tertiary/aromatic N) is 1. The van der Waals surface area contributed by atoms with E-state index in [1.807, 2.05) is 12.1 Å². The Morgan fingerprint density at radius 2 is 2.21 bits per heavy atom. The van der Waals surface area contributed by atoms with Crippen molar-refractivity contribution >= 4 is 17.4 Å². The molecule has 1 aromatic heterocycles. The topological polar surface area (TPSA) is 63.2 Å². The normalized spacial score (nSPS) is 10.2. The van der Waals surface area contributed by atoms with E-state index < -0.39 is 0 Å². The van der Waals surface area contributed by atoms with Crippen LogP contribution in [0.25, 0.3) is 0 Å². The molecule has 0 atom stereocenters. The van der Waals surface area contributed by atoms with E-state index in [-0.39, 0.29) is 5.91 Å². The number of anilines is 2. The molecule has 1 rings (SSSR count). The molecule has 106 valence electrons. The van der Waals surface area contributed by atoms with E-state index in [1.165, 1.54) is 0 Å². The van der Waals surface area contributed by atoms with Crippen LogP contribution in [-0.2, 0) is 9.53 Å². The zero-order valence-electron chi connectivity index (χ0n) is 11.7. The predicted octanol–water partition coefficient (Wildman–Crippen LogP) is 2.66. The molecular formula is C14H23N3O2. The van der Waals surface area contributed by atoms with Crippen molar-refractivity contribution in [1.29, 1.82) is 0 Å². The van der Waals surface area contributed by atoms with E-state index in [0.29, 0.717) is 6.42 Å². The Bertz CT molecular complexity index is 365. The molecule has 19 heavy (non-hydrogen) atoms. The highest BCUT2D eigenvalue weighted by atomic mass is 16.5. The first-order valence-corrected chi connectivity index (χ1v) is 6.75. The average molecular weight is 265 g/mol. The van der Waals surface area contributed by atoms with Crippen molar-refractivity contribution in [1.82, 2.24) is 4.98 Å². The highest BCUT2D eigenvalue weighted by Crippen LogP contribution is 2.10. The average Bonchev–Trinajstić information content (AvgIpc) is 2.43. The van der Waals surface area contributed by atoms with Gasteiger partial charge in [0.25, 0.3) is 0 Å². The lowest BCUT2D eigenvalue weighted by atomic mass is 10.2. The van der Waals surface area contributed by atoms with Crippen molar-refractivity contribution in [2.24, 2.45) is 0 Å². The second-order valence-electron chi connectivity index (χ2n) is 4.36. The van der Waals surface area contributed by atoms with Gasteiger partial charge in [-0.15, -0.1) is 0 Å². The summed E-state index contributed by atoms with van der Waals surface area (Å²) in [5.74, 6) is 0.854.